The van der Waals surface area contributed by atoms with E-state index in [0.717, 1.165) is 37.6 Å². The molecule has 0 aromatic carbocycles. The van der Waals surface area contributed by atoms with Crippen molar-refractivity contribution in [3.05, 3.63) is 11.7 Å². The van der Waals surface area contributed by atoms with Gasteiger partial charge >= 0.3 is 0 Å². The molecule has 1 aromatic rings. The highest BCUT2D eigenvalue weighted by molar-refractivity contribution is 5.80. The van der Waals surface area contributed by atoms with Crippen LogP contribution in [0.5, 0.6) is 0 Å². The van der Waals surface area contributed by atoms with E-state index in [1.165, 1.54) is 6.92 Å². The molecule has 0 bridgehead atoms. The first kappa shape index (κ1) is 13.5. The molecule has 1 saturated heterocycles. The lowest BCUT2D eigenvalue weighted by atomic mass is 10.2. The van der Waals surface area contributed by atoms with Crippen LogP contribution in [-0.4, -0.2) is 63.2 Å². The van der Waals surface area contributed by atoms with Crippen LogP contribution in [0, 0.1) is 0 Å². The van der Waals surface area contributed by atoms with E-state index in [4.69, 9.17) is 4.52 Å². The Hall–Kier alpha value is -1.47. The van der Waals surface area contributed by atoms with E-state index in [-0.39, 0.29) is 5.91 Å². The Balaban J connectivity index is 1.49. The van der Waals surface area contributed by atoms with Crippen LogP contribution in [-0.2, 0) is 11.3 Å². The molecule has 1 aromatic heterocycles. The minimum Gasteiger partial charge on any atom is -0.384 e. The summed E-state index contributed by atoms with van der Waals surface area (Å²) in [7, 11) is 0. The van der Waals surface area contributed by atoms with Crippen molar-refractivity contribution in [1.29, 1.82) is 0 Å². The molecule has 1 atom stereocenters. The minimum absolute atomic E-state index is 0.194. The first-order valence-corrected chi connectivity index (χ1v) is 7.15. The summed E-state index contributed by atoms with van der Waals surface area (Å²) >= 11 is 0. The van der Waals surface area contributed by atoms with Gasteiger partial charge in [0.15, 0.2) is 5.82 Å². The normalized spacial score (nSPS) is 22.0. The number of hydrogen-bond acceptors (Lipinski definition) is 6. The second-order valence-electron chi connectivity index (χ2n) is 5.60. The van der Waals surface area contributed by atoms with Crippen LogP contribution in [0.1, 0.15) is 37.4 Å². The van der Waals surface area contributed by atoms with Crippen LogP contribution >= 0.6 is 0 Å². The Kier molecular flexibility index (Phi) is 3.71. The van der Waals surface area contributed by atoms with E-state index in [1.807, 2.05) is 0 Å². The Labute approximate surface area is 117 Å². The third-order valence-electron chi connectivity index (χ3n) is 3.82. The summed E-state index contributed by atoms with van der Waals surface area (Å²) in [6.45, 7) is 4.98. The van der Waals surface area contributed by atoms with Crippen molar-refractivity contribution in [3.8, 4) is 0 Å². The molecule has 20 heavy (non-hydrogen) atoms. The third-order valence-corrected chi connectivity index (χ3v) is 3.82. The smallest absolute Gasteiger partial charge is 0.251 e. The molecule has 110 valence electrons. The van der Waals surface area contributed by atoms with E-state index in [1.54, 1.807) is 4.90 Å². The average Bonchev–Trinajstić information content (AvgIpc) is 3.20. The SMILES string of the molecule is CC(O)C(=O)N1CCN(Cc2noc(C3CC3)n2)CC1. The number of nitrogens with zero attached hydrogens (tertiary/aromatic N) is 4. The maximum Gasteiger partial charge on any atom is 0.251 e. The van der Waals surface area contributed by atoms with Crippen molar-refractivity contribution >= 4 is 5.91 Å². The van der Waals surface area contributed by atoms with Crippen molar-refractivity contribution in [3.63, 3.8) is 0 Å². The van der Waals surface area contributed by atoms with Gasteiger partial charge in [0.25, 0.3) is 5.91 Å². The molecule has 1 aliphatic heterocycles. The van der Waals surface area contributed by atoms with Gasteiger partial charge in [-0.3, -0.25) is 9.69 Å². The maximum absolute atomic E-state index is 11.7. The third kappa shape index (κ3) is 2.99. The largest absolute Gasteiger partial charge is 0.384 e. The maximum atomic E-state index is 11.7. The summed E-state index contributed by atoms with van der Waals surface area (Å²) in [6.07, 6.45) is 1.39. The number of hydrogen-bond donors (Lipinski definition) is 1. The Morgan fingerprint density at radius 2 is 2.10 bits per heavy atom. The average molecular weight is 280 g/mol. The number of rotatable bonds is 4. The van der Waals surface area contributed by atoms with Gasteiger partial charge in [0.05, 0.1) is 6.54 Å². The molecule has 2 fully saturated rings. The van der Waals surface area contributed by atoms with Gasteiger partial charge in [-0.05, 0) is 19.8 Å². The highest BCUT2D eigenvalue weighted by atomic mass is 16.5. The molecular weight excluding hydrogens is 260 g/mol. The summed E-state index contributed by atoms with van der Waals surface area (Å²) < 4.78 is 5.24. The van der Waals surface area contributed by atoms with Crippen LogP contribution < -0.4 is 0 Å². The van der Waals surface area contributed by atoms with Gasteiger partial charge in [-0.1, -0.05) is 5.16 Å². The predicted molar refractivity (Wildman–Crippen MR) is 69.8 cm³/mol. The number of aliphatic hydroxyl groups is 1. The van der Waals surface area contributed by atoms with Gasteiger partial charge in [-0.15, -0.1) is 0 Å². The van der Waals surface area contributed by atoms with E-state index in [0.29, 0.717) is 25.6 Å². The summed E-state index contributed by atoms with van der Waals surface area (Å²) in [6, 6.07) is 0. The summed E-state index contributed by atoms with van der Waals surface area (Å²) in [5, 5.41) is 13.3. The fraction of sp³-hybridized carbons (Fsp3) is 0.769. The molecule has 0 spiro atoms. The lowest BCUT2D eigenvalue weighted by Gasteiger charge is -2.34. The van der Waals surface area contributed by atoms with E-state index in [2.05, 4.69) is 15.0 Å². The second kappa shape index (κ2) is 5.49. The predicted octanol–water partition coefficient (Wildman–Crippen LogP) is -0.0280. The van der Waals surface area contributed by atoms with Crippen molar-refractivity contribution in [2.24, 2.45) is 0 Å². The van der Waals surface area contributed by atoms with Crippen LogP contribution in [0.3, 0.4) is 0 Å². The van der Waals surface area contributed by atoms with Crippen molar-refractivity contribution < 1.29 is 14.4 Å². The molecular formula is C13H20N4O3. The highest BCUT2D eigenvalue weighted by Gasteiger charge is 2.30. The quantitative estimate of drug-likeness (QED) is 0.834. The first-order valence-electron chi connectivity index (χ1n) is 7.15. The Bertz CT molecular complexity index is 476. The molecule has 1 amide bonds. The van der Waals surface area contributed by atoms with Crippen LogP contribution in [0.2, 0.25) is 0 Å². The standard InChI is InChI=1S/C13H20N4O3/c1-9(18)13(19)17-6-4-16(5-7-17)8-11-14-12(20-15-11)10-2-3-10/h9-10,18H,2-8H2,1H3. The first-order chi connectivity index (χ1) is 9.63. The molecule has 1 aliphatic carbocycles. The Morgan fingerprint density at radius 1 is 1.40 bits per heavy atom. The van der Waals surface area contributed by atoms with Crippen molar-refractivity contribution in [2.45, 2.75) is 38.3 Å². The molecule has 7 nitrogen and oxygen atoms in total. The summed E-state index contributed by atoms with van der Waals surface area (Å²) in [4.78, 5) is 20.0. The molecule has 1 saturated carbocycles. The van der Waals surface area contributed by atoms with Gasteiger partial charge in [-0.25, -0.2) is 0 Å². The van der Waals surface area contributed by atoms with Crippen LogP contribution in [0.15, 0.2) is 4.52 Å². The van der Waals surface area contributed by atoms with Gasteiger partial charge in [-0.2, -0.15) is 4.98 Å². The zero-order valence-corrected chi connectivity index (χ0v) is 11.7. The zero-order chi connectivity index (χ0) is 14.1. The number of piperazine rings is 1. The van der Waals surface area contributed by atoms with Gasteiger partial charge in [0.1, 0.15) is 6.10 Å². The minimum atomic E-state index is -0.917. The van der Waals surface area contributed by atoms with Gasteiger partial charge < -0.3 is 14.5 Å². The molecule has 7 heteroatoms. The number of amides is 1. The van der Waals surface area contributed by atoms with E-state index >= 15 is 0 Å². The topological polar surface area (TPSA) is 82.7 Å². The van der Waals surface area contributed by atoms with E-state index in [9.17, 15) is 9.90 Å². The fourth-order valence-corrected chi connectivity index (χ4v) is 2.42. The van der Waals surface area contributed by atoms with Gasteiger partial charge in [0.2, 0.25) is 5.89 Å². The lowest BCUT2D eigenvalue weighted by Crippen LogP contribution is -2.50. The zero-order valence-electron chi connectivity index (χ0n) is 11.7. The molecule has 1 unspecified atom stereocenters. The van der Waals surface area contributed by atoms with Crippen molar-refractivity contribution in [1.82, 2.24) is 19.9 Å². The monoisotopic (exact) mass is 280 g/mol. The van der Waals surface area contributed by atoms with E-state index < -0.39 is 6.10 Å². The fourth-order valence-electron chi connectivity index (χ4n) is 2.42. The second-order valence-corrected chi connectivity index (χ2v) is 5.60. The number of aromatic nitrogens is 2. The molecule has 2 aliphatic rings. The highest BCUT2D eigenvalue weighted by Crippen LogP contribution is 2.38. The molecule has 3 rings (SSSR count). The lowest BCUT2D eigenvalue weighted by molar-refractivity contribution is -0.141. The van der Waals surface area contributed by atoms with Gasteiger partial charge in [0, 0.05) is 32.1 Å². The van der Waals surface area contributed by atoms with Crippen LogP contribution in [0.4, 0.5) is 0 Å². The molecule has 0 radical (unpaired) electrons. The Morgan fingerprint density at radius 3 is 2.70 bits per heavy atom. The molecule has 2 heterocycles. The molecule has 1 N–H and O–H groups in total. The summed E-state index contributed by atoms with van der Waals surface area (Å²) in [5.41, 5.74) is 0. The number of carbonyl (C=O) groups excluding carboxylic acids is 1. The van der Waals surface area contributed by atoms with Crippen LogP contribution in [0.25, 0.3) is 0 Å². The number of aliphatic hydroxyl groups excluding tert-OH is 1. The van der Waals surface area contributed by atoms with Crippen molar-refractivity contribution in [2.75, 3.05) is 26.2 Å². The number of carbonyl (C=O) groups is 1. The summed E-state index contributed by atoms with van der Waals surface area (Å²) in [5.74, 6) is 1.78.